The number of nitrogens with one attached hydrogen (secondary N) is 2. The summed E-state index contributed by atoms with van der Waals surface area (Å²) in [7, 11) is 0. The molecule has 0 radical (unpaired) electrons. The number of unbranched alkanes of at least 4 members (excludes halogenated alkanes) is 3. The van der Waals surface area contributed by atoms with Crippen LogP contribution in [0.5, 0.6) is 0 Å². The number of anilines is 1. The molecule has 1 rings (SSSR count). The predicted octanol–water partition coefficient (Wildman–Crippen LogP) is 3.49. The fraction of sp³-hybridized carbons (Fsp3) is 0.467. The molecule has 5 nitrogen and oxygen atoms in total. The number of hydrogen-bond acceptors (Lipinski definition) is 3. The lowest BCUT2D eigenvalue weighted by atomic mass is 10.1. The second-order valence-corrected chi connectivity index (χ2v) is 5.07. The molecule has 23 heavy (non-hydrogen) atoms. The number of rotatable bonds is 8. The summed E-state index contributed by atoms with van der Waals surface area (Å²) in [6.45, 7) is 0. The third kappa shape index (κ3) is 7.64. The van der Waals surface area contributed by atoms with Crippen LogP contribution in [0.15, 0.2) is 24.3 Å². The first-order valence-corrected chi connectivity index (χ1v) is 7.23. The molecule has 0 saturated heterocycles. The molecule has 0 heterocycles. The second-order valence-electron chi connectivity index (χ2n) is 5.07. The van der Waals surface area contributed by atoms with Crippen molar-refractivity contribution >= 4 is 17.5 Å². The van der Waals surface area contributed by atoms with Gasteiger partial charge < -0.3 is 5.32 Å². The Morgan fingerprint density at radius 1 is 0.913 bits per heavy atom. The van der Waals surface area contributed by atoms with E-state index in [9.17, 15) is 22.8 Å². The Balaban J connectivity index is 2.23. The molecule has 0 atom stereocenters. The Bertz CT molecular complexity index is 516. The number of halogens is 3. The van der Waals surface area contributed by atoms with E-state index in [1.54, 1.807) is 5.48 Å². The third-order valence-corrected chi connectivity index (χ3v) is 3.18. The standard InChI is InChI=1S/C15H19F3N2O3/c16-15(17,18)11-7-9-12(10-8-11)19-13(21)5-3-1-2-4-6-14(22)20-23/h7-10,23H,1-6H2,(H,19,21)(H,20,22). The van der Waals surface area contributed by atoms with E-state index in [1.165, 1.54) is 12.1 Å². The minimum atomic E-state index is -4.39. The summed E-state index contributed by atoms with van der Waals surface area (Å²) >= 11 is 0. The van der Waals surface area contributed by atoms with Crippen LogP contribution in [0.3, 0.4) is 0 Å². The second kappa shape index (κ2) is 9.14. The molecule has 8 heteroatoms. The van der Waals surface area contributed by atoms with Crippen LogP contribution >= 0.6 is 0 Å². The van der Waals surface area contributed by atoms with Crippen molar-refractivity contribution in [1.29, 1.82) is 0 Å². The van der Waals surface area contributed by atoms with Crippen LogP contribution < -0.4 is 10.8 Å². The molecule has 0 bridgehead atoms. The third-order valence-electron chi connectivity index (χ3n) is 3.18. The molecule has 0 unspecified atom stereocenters. The van der Waals surface area contributed by atoms with Crippen molar-refractivity contribution in [1.82, 2.24) is 5.48 Å². The molecule has 1 aromatic rings. The minimum Gasteiger partial charge on any atom is -0.326 e. The zero-order chi connectivity index (χ0) is 17.3. The Kier molecular flexibility index (Phi) is 7.53. The summed E-state index contributed by atoms with van der Waals surface area (Å²) < 4.78 is 37.2. The molecule has 0 aliphatic heterocycles. The summed E-state index contributed by atoms with van der Waals surface area (Å²) in [6.07, 6.45) is -1.17. The van der Waals surface area contributed by atoms with Crippen molar-refractivity contribution < 1.29 is 28.0 Å². The van der Waals surface area contributed by atoms with Crippen molar-refractivity contribution in [3.05, 3.63) is 29.8 Å². The maximum absolute atomic E-state index is 12.4. The summed E-state index contributed by atoms with van der Waals surface area (Å²) in [4.78, 5) is 22.4. The van der Waals surface area contributed by atoms with Crippen molar-refractivity contribution in [2.24, 2.45) is 0 Å². The monoisotopic (exact) mass is 332 g/mol. The zero-order valence-electron chi connectivity index (χ0n) is 12.4. The molecule has 3 N–H and O–H groups in total. The van der Waals surface area contributed by atoms with E-state index in [0.29, 0.717) is 18.5 Å². The van der Waals surface area contributed by atoms with Gasteiger partial charge in [0, 0.05) is 18.5 Å². The maximum atomic E-state index is 12.4. The van der Waals surface area contributed by atoms with E-state index < -0.39 is 17.6 Å². The number of benzene rings is 1. The Morgan fingerprint density at radius 3 is 1.91 bits per heavy atom. The summed E-state index contributed by atoms with van der Waals surface area (Å²) in [5.41, 5.74) is 1.10. The van der Waals surface area contributed by atoms with E-state index in [0.717, 1.165) is 25.0 Å². The number of hydrogen-bond donors (Lipinski definition) is 3. The molecule has 0 spiro atoms. The molecule has 0 aromatic heterocycles. The van der Waals surface area contributed by atoms with Gasteiger partial charge in [-0.2, -0.15) is 13.2 Å². The highest BCUT2D eigenvalue weighted by Gasteiger charge is 2.29. The number of carbonyl (C=O) groups excluding carboxylic acids is 2. The lowest BCUT2D eigenvalue weighted by Gasteiger charge is -2.08. The summed E-state index contributed by atoms with van der Waals surface area (Å²) in [5.74, 6) is -0.706. The first-order valence-electron chi connectivity index (χ1n) is 7.23. The van der Waals surface area contributed by atoms with Crippen molar-refractivity contribution in [3.63, 3.8) is 0 Å². The quantitative estimate of drug-likeness (QED) is 0.387. The van der Waals surface area contributed by atoms with Crippen molar-refractivity contribution in [2.45, 2.75) is 44.7 Å². The van der Waals surface area contributed by atoms with Gasteiger partial charge in [0.25, 0.3) is 0 Å². The van der Waals surface area contributed by atoms with Gasteiger partial charge in [-0.1, -0.05) is 12.8 Å². The minimum absolute atomic E-state index is 0.230. The highest BCUT2D eigenvalue weighted by atomic mass is 19.4. The Hall–Kier alpha value is -2.09. The lowest BCUT2D eigenvalue weighted by Crippen LogP contribution is -2.17. The van der Waals surface area contributed by atoms with E-state index in [1.807, 2.05) is 0 Å². The molecule has 1 aromatic carbocycles. The topological polar surface area (TPSA) is 78.4 Å². The van der Waals surface area contributed by atoms with Crippen LogP contribution in [0.1, 0.15) is 44.1 Å². The fourth-order valence-corrected chi connectivity index (χ4v) is 1.95. The molecular formula is C15H19F3N2O3. The van der Waals surface area contributed by atoms with Gasteiger partial charge in [-0.3, -0.25) is 14.8 Å². The number of alkyl halides is 3. The van der Waals surface area contributed by atoms with Crippen LogP contribution in [0.4, 0.5) is 18.9 Å². The molecule has 0 aliphatic carbocycles. The molecule has 0 saturated carbocycles. The molecular weight excluding hydrogens is 313 g/mol. The van der Waals surface area contributed by atoms with Gasteiger partial charge >= 0.3 is 6.18 Å². The van der Waals surface area contributed by atoms with Crippen LogP contribution in [0.25, 0.3) is 0 Å². The van der Waals surface area contributed by atoms with Crippen LogP contribution in [-0.2, 0) is 15.8 Å². The van der Waals surface area contributed by atoms with E-state index in [4.69, 9.17) is 5.21 Å². The fourth-order valence-electron chi connectivity index (χ4n) is 1.95. The van der Waals surface area contributed by atoms with Crippen molar-refractivity contribution in [3.8, 4) is 0 Å². The van der Waals surface area contributed by atoms with Crippen LogP contribution in [0.2, 0.25) is 0 Å². The average Bonchev–Trinajstić information content (AvgIpc) is 2.50. The molecule has 0 aliphatic rings. The summed E-state index contributed by atoms with van der Waals surface area (Å²) in [6, 6.07) is 4.27. The lowest BCUT2D eigenvalue weighted by molar-refractivity contribution is -0.137. The molecule has 128 valence electrons. The Labute approximate surface area is 131 Å². The molecule has 0 fully saturated rings. The van der Waals surface area contributed by atoms with E-state index in [2.05, 4.69) is 5.32 Å². The van der Waals surface area contributed by atoms with Gasteiger partial charge in [-0.25, -0.2) is 5.48 Å². The van der Waals surface area contributed by atoms with Gasteiger partial charge in [0.2, 0.25) is 11.8 Å². The van der Waals surface area contributed by atoms with Gasteiger partial charge in [0.15, 0.2) is 0 Å². The van der Waals surface area contributed by atoms with E-state index in [-0.39, 0.29) is 18.7 Å². The predicted molar refractivity (Wildman–Crippen MR) is 77.7 cm³/mol. The largest absolute Gasteiger partial charge is 0.416 e. The Morgan fingerprint density at radius 2 is 1.43 bits per heavy atom. The number of hydroxylamine groups is 1. The first kappa shape index (κ1) is 19.0. The van der Waals surface area contributed by atoms with Gasteiger partial charge in [-0.15, -0.1) is 0 Å². The normalized spacial score (nSPS) is 11.1. The first-order chi connectivity index (χ1) is 10.8. The van der Waals surface area contributed by atoms with Gasteiger partial charge in [-0.05, 0) is 37.1 Å². The highest BCUT2D eigenvalue weighted by Crippen LogP contribution is 2.29. The van der Waals surface area contributed by atoms with Crippen molar-refractivity contribution in [2.75, 3.05) is 5.32 Å². The van der Waals surface area contributed by atoms with Crippen LogP contribution in [-0.4, -0.2) is 17.0 Å². The number of amides is 2. The summed E-state index contributed by atoms with van der Waals surface area (Å²) in [5, 5.41) is 10.8. The van der Waals surface area contributed by atoms with Crippen LogP contribution in [0, 0.1) is 0 Å². The molecule has 2 amide bonds. The zero-order valence-corrected chi connectivity index (χ0v) is 12.4. The van der Waals surface area contributed by atoms with Gasteiger partial charge in [0.05, 0.1) is 5.56 Å². The SMILES string of the molecule is O=C(CCCCCCC(=O)Nc1ccc(C(F)(F)F)cc1)NO. The number of carbonyl (C=O) groups is 2. The highest BCUT2D eigenvalue weighted by molar-refractivity contribution is 5.90. The van der Waals surface area contributed by atoms with E-state index >= 15 is 0 Å². The van der Waals surface area contributed by atoms with Gasteiger partial charge in [0.1, 0.15) is 0 Å². The average molecular weight is 332 g/mol. The maximum Gasteiger partial charge on any atom is 0.416 e. The smallest absolute Gasteiger partial charge is 0.326 e.